The molecule has 5 heteroatoms. The van der Waals surface area contributed by atoms with E-state index >= 15 is 0 Å². The first-order valence-corrected chi connectivity index (χ1v) is 5.38. The molecule has 0 spiro atoms. The molecule has 0 atom stereocenters. The number of rotatable bonds is 3. The van der Waals surface area contributed by atoms with Gasteiger partial charge in [-0.15, -0.1) is 0 Å². The number of ether oxygens (including phenoxy) is 1. The maximum Gasteiger partial charge on any atom is 0.250 e. The highest BCUT2D eigenvalue weighted by Crippen LogP contribution is 2.54. The molecule has 0 radical (unpaired) electrons. The van der Waals surface area contributed by atoms with Gasteiger partial charge in [0.05, 0.1) is 7.11 Å². The van der Waals surface area contributed by atoms with Crippen molar-refractivity contribution in [1.29, 1.82) is 0 Å². The van der Waals surface area contributed by atoms with Crippen LogP contribution in [-0.2, 0) is 5.41 Å². The minimum absolute atomic E-state index is 0.0368. The summed E-state index contributed by atoms with van der Waals surface area (Å²) >= 11 is 0. The maximum absolute atomic E-state index is 13.0. The molecule has 1 aliphatic rings. The number of alkyl halides is 2. The van der Waals surface area contributed by atoms with E-state index < -0.39 is 11.3 Å². The van der Waals surface area contributed by atoms with Crippen LogP contribution in [0.2, 0.25) is 0 Å². The molecule has 0 amide bonds. The Kier molecular flexibility index (Phi) is 2.73. The van der Waals surface area contributed by atoms with Crippen LogP contribution >= 0.6 is 0 Å². The molecule has 2 rings (SSSR count). The zero-order valence-electron chi connectivity index (χ0n) is 9.54. The Labute approximate surface area is 98.2 Å². The van der Waals surface area contributed by atoms with E-state index in [1.54, 1.807) is 12.1 Å². The van der Waals surface area contributed by atoms with E-state index in [2.05, 4.69) is 0 Å². The number of aromatic hydroxyl groups is 1. The summed E-state index contributed by atoms with van der Waals surface area (Å²) in [5, 5.41) is 9.84. The van der Waals surface area contributed by atoms with Gasteiger partial charge in [0.2, 0.25) is 5.92 Å². The molecule has 1 aromatic rings. The van der Waals surface area contributed by atoms with Gasteiger partial charge in [0.25, 0.3) is 0 Å². The van der Waals surface area contributed by atoms with Gasteiger partial charge >= 0.3 is 0 Å². The Morgan fingerprint density at radius 1 is 1.41 bits per heavy atom. The average molecular weight is 243 g/mol. The van der Waals surface area contributed by atoms with Crippen molar-refractivity contribution >= 4 is 0 Å². The molecule has 0 unspecified atom stereocenters. The number of hydrogen-bond acceptors (Lipinski definition) is 3. The summed E-state index contributed by atoms with van der Waals surface area (Å²) in [5.74, 6) is -2.22. The highest BCUT2D eigenvalue weighted by atomic mass is 19.3. The van der Waals surface area contributed by atoms with Crippen molar-refractivity contribution < 1.29 is 18.6 Å². The number of hydrogen-bond donors (Lipinski definition) is 2. The van der Waals surface area contributed by atoms with Crippen molar-refractivity contribution in [2.75, 3.05) is 13.7 Å². The minimum Gasteiger partial charge on any atom is -0.508 e. The number of phenols is 1. The van der Waals surface area contributed by atoms with Crippen LogP contribution in [0, 0.1) is 0 Å². The first kappa shape index (κ1) is 12.1. The normalized spacial score (nSPS) is 20.7. The second kappa shape index (κ2) is 3.84. The Morgan fingerprint density at radius 3 is 2.47 bits per heavy atom. The van der Waals surface area contributed by atoms with E-state index in [0.29, 0.717) is 11.3 Å². The largest absolute Gasteiger partial charge is 0.508 e. The molecule has 0 saturated heterocycles. The quantitative estimate of drug-likeness (QED) is 0.854. The second-order valence-corrected chi connectivity index (χ2v) is 4.58. The third-order valence-corrected chi connectivity index (χ3v) is 3.36. The monoisotopic (exact) mass is 243 g/mol. The van der Waals surface area contributed by atoms with E-state index in [4.69, 9.17) is 10.5 Å². The van der Waals surface area contributed by atoms with Crippen LogP contribution in [0.15, 0.2) is 18.2 Å². The fourth-order valence-electron chi connectivity index (χ4n) is 2.47. The van der Waals surface area contributed by atoms with Crippen LogP contribution in [-0.4, -0.2) is 24.7 Å². The number of methoxy groups -OCH3 is 1. The molecule has 0 heterocycles. The van der Waals surface area contributed by atoms with Crippen molar-refractivity contribution in [3.63, 3.8) is 0 Å². The fraction of sp³-hybridized carbons (Fsp3) is 0.500. The van der Waals surface area contributed by atoms with E-state index in [1.165, 1.54) is 13.2 Å². The highest BCUT2D eigenvalue weighted by Gasteiger charge is 2.57. The van der Waals surface area contributed by atoms with Crippen molar-refractivity contribution in [1.82, 2.24) is 0 Å². The lowest BCUT2D eigenvalue weighted by molar-refractivity contribution is -0.124. The molecule has 1 aromatic carbocycles. The van der Waals surface area contributed by atoms with Gasteiger partial charge in [-0.05, 0) is 6.07 Å². The second-order valence-electron chi connectivity index (χ2n) is 4.58. The molecule has 17 heavy (non-hydrogen) atoms. The molecule has 3 N–H and O–H groups in total. The summed E-state index contributed by atoms with van der Waals surface area (Å²) in [5.41, 5.74) is 5.26. The lowest BCUT2D eigenvalue weighted by Crippen LogP contribution is -2.53. The molecule has 0 aliphatic heterocycles. The van der Waals surface area contributed by atoms with Gasteiger partial charge in [0, 0.05) is 36.4 Å². The number of benzene rings is 1. The summed E-state index contributed by atoms with van der Waals surface area (Å²) in [6, 6.07) is 4.67. The SMILES string of the molecule is COc1ccc(C2(CN)CC(F)(F)C2)c(O)c1. The van der Waals surface area contributed by atoms with Gasteiger partial charge in [-0.3, -0.25) is 0 Å². The average Bonchev–Trinajstić information content (AvgIpc) is 2.25. The third-order valence-electron chi connectivity index (χ3n) is 3.36. The van der Waals surface area contributed by atoms with Gasteiger partial charge in [0.15, 0.2) is 0 Å². The van der Waals surface area contributed by atoms with E-state index in [-0.39, 0.29) is 25.1 Å². The topological polar surface area (TPSA) is 55.5 Å². The lowest BCUT2D eigenvalue weighted by atomic mass is 9.62. The van der Waals surface area contributed by atoms with Gasteiger partial charge in [-0.1, -0.05) is 6.07 Å². The summed E-state index contributed by atoms with van der Waals surface area (Å²) in [6.07, 6.45) is -0.618. The van der Waals surface area contributed by atoms with Gasteiger partial charge in [0.1, 0.15) is 11.5 Å². The van der Waals surface area contributed by atoms with Gasteiger partial charge in [-0.2, -0.15) is 0 Å². The lowest BCUT2D eigenvalue weighted by Gasteiger charge is -2.47. The molecule has 0 bridgehead atoms. The summed E-state index contributed by atoms with van der Waals surface area (Å²) < 4.78 is 31.0. The van der Waals surface area contributed by atoms with Gasteiger partial charge in [-0.25, -0.2) is 8.78 Å². The maximum atomic E-state index is 13.0. The first-order valence-electron chi connectivity index (χ1n) is 5.38. The summed E-state index contributed by atoms with van der Waals surface area (Å²) in [6.45, 7) is 0.0997. The van der Waals surface area contributed by atoms with Crippen LogP contribution in [0.1, 0.15) is 18.4 Å². The molecule has 94 valence electrons. The molecule has 0 aromatic heterocycles. The molecule has 3 nitrogen and oxygen atoms in total. The van der Waals surface area contributed by atoms with Crippen LogP contribution < -0.4 is 10.5 Å². The molecular formula is C12H15F2NO2. The number of nitrogens with two attached hydrogens (primary N) is 1. The third kappa shape index (κ3) is 1.95. The number of halogens is 2. The van der Waals surface area contributed by atoms with E-state index in [9.17, 15) is 13.9 Å². The Hall–Kier alpha value is -1.36. The molecule has 1 aliphatic carbocycles. The van der Waals surface area contributed by atoms with E-state index in [1.807, 2.05) is 0 Å². The predicted molar refractivity (Wildman–Crippen MR) is 59.6 cm³/mol. The highest BCUT2D eigenvalue weighted by molar-refractivity contribution is 5.46. The smallest absolute Gasteiger partial charge is 0.250 e. The predicted octanol–water partition coefficient (Wildman–Crippen LogP) is 2.03. The van der Waals surface area contributed by atoms with E-state index in [0.717, 1.165) is 0 Å². The number of phenolic OH excluding ortho intramolecular Hbond substituents is 1. The Bertz CT molecular complexity index is 427. The Morgan fingerprint density at radius 2 is 2.06 bits per heavy atom. The Balaban J connectivity index is 2.33. The van der Waals surface area contributed by atoms with Crippen molar-refractivity contribution in [2.45, 2.75) is 24.2 Å². The molecule has 1 fully saturated rings. The standard InChI is InChI=1S/C12H15F2NO2/c1-17-8-2-3-9(10(16)4-8)11(7-15)5-12(13,14)6-11/h2-4,16H,5-7,15H2,1H3. The van der Waals surface area contributed by atoms with Crippen LogP contribution in [0.25, 0.3) is 0 Å². The zero-order valence-corrected chi connectivity index (χ0v) is 9.54. The molecule has 1 saturated carbocycles. The summed E-state index contributed by atoms with van der Waals surface area (Å²) in [7, 11) is 1.48. The van der Waals surface area contributed by atoms with Crippen molar-refractivity contribution in [3.05, 3.63) is 23.8 Å². The molecular weight excluding hydrogens is 228 g/mol. The first-order chi connectivity index (χ1) is 7.92. The zero-order chi connectivity index (χ0) is 12.7. The fourth-order valence-corrected chi connectivity index (χ4v) is 2.47. The van der Waals surface area contributed by atoms with Crippen LogP contribution in [0.4, 0.5) is 8.78 Å². The van der Waals surface area contributed by atoms with Crippen LogP contribution in [0.3, 0.4) is 0 Å². The van der Waals surface area contributed by atoms with Crippen LogP contribution in [0.5, 0.6) is 11.5 Å². The summed E-state index contributed by atoms with van der Waals surface area (Å²) in [4.78, 5) is 0. The minimum atomic E-state index is -2.67. The van der Waals surface area contributed by atoms with Crippen molar-refractivity contribution in [2.24, 2.45) is 5.73 Å². The van der Waals surface area contributed by atoms with Gasteiger partial charge < -0.3 is 15.6 Å². The van der Waals surface area contributed by atoms with Crippen molar-refractivity contribution in [3.8, 4) is 11.5 Å².